The number of fused-ring (bicyclic) bond motifs is 2. The normalized spacial score (nSPS) is 11.4. The van der Waals surface area contributed by atoms with Crippen molar-refractivity contribution in [3.8, 4) is 17.1 Å². The number of hydrogen-bond donors (Lipinski definition) is 2. The molecule has 0 atom stereocenters. The van der Waals surface area contributed by atoms with Crippen LogP contribution in [0.4, 0.5) is 10.3 Å². The first kappa shape index (κ1) is 23.8. The van der Waals surface area contributed by atoms with Crippen molar-refractivity contribution in [3.05, 3.63) is 70.5 Å². The summed E-state index contributed by atoms with van der Waals surface area (Å²) in [6.45, 7) is 4.89. The lowest BCUT2D eigenvalue weighted by atomic mass is 10.1. The molecule has 0 aliphatic rings. The molecule has 5 rings (SSSR count). The molecule has 9 heteroatoms. The molecule has 5 aromatic rings. The summed E-state index contributed by atoms with van der Waals surface area (Å²) >= 11 is 6.23. The molecule has 0 saturated carbocycles. The number of aryl methyl sites for hydroxylation is 2. The average Bonchev–Trinajstić information content (AvgIpc) is 3.42. The highest BCUT2D eigenvalue weighted by Crippen LogP contribution is 2.33. The Labute approximate surface area is 212 Å². The lowest BCUT2D eigenvalue weighted by Crippen LogP contribution is -2.16. The van der Waals surface area contributed by atoms with Gasteiger partial charge in [-0.2, -0.15) is 0 Å². The summed E-state index contributed by atoms with van der Waals surface area (Å²) < 4.78 is 22.0. The van der Waals surface area contributed by atoms with E-state index in [0.717, 1.165) is 36.0 Å². The van der Waals surface area contributed by atoms with Gasteiger partial charge in [-0.05, 0) is 55.3 Å². The fourth-order valence-electron chi connectivity index (χ4n) is 4.26. The Bertz CT molecular complexity index is 1590. The van der Waals surface area contributed by atoms with Gasteiger partial charge in [-0.3, -0.25) is 10.1 Å². The summed E-state index contributed by atoms with van der Waals surface area (Å²) in [6.07, 6.45) is 1.97. The lowest BCUT2D eigenvalue weighted by molar-refractivity contribution is 0.102. The number of carbonyl (C=O) groups excluding carboxylic acids is 1. The van der Waals surface area contributed by atoms with E-state index in [0.29, 0.717) is 28.3 Å². The number of ether oxygens (including phenoxy) is 1. The van der Waals surface area contributed by atoms with Gasteiger partial charge in [-0.25, -0.2) is 14.4 Å². The Balaban J connectivity index is 1.54. The van der Waals surface area contributed by atoms with Gasteiger partial charge in [0.25, 0.3) is 5.91 Å². The number of unbranched alkanes of at least 4 members (excludes halogenated alkanes) is 1. The van der Waals surface area contributed by atoms with Gasteiger partial charge in [0, 0.05) is 12.1 Å². The zero-order chi connectivity index (χ0) is 25.4. The van der Waals surface area contributed by atoms with Crippen LogP contribution in [0.15, 0.2) is 48.5 Å². The number of aromatic nitrogens is 4. The summed E-state index contributed by atoms with van der Waals surface area (Å²) in [5, 5.41) is 3.19. The van der Waals surface area contributed by atoms with Crippen molar-refractivity contribution in [2.45, 2.75) is 33.2 Å². The van der Waals surface area contributed by atoms with Gasteiger partial charge in [-0.1, -0.05) is 37.1 Å². The van der Waals surface area contributed by atoms with Gasteiger partial charge >= 0.3 is 0 Å². The number of imidazole rings is 2. The number of halogens is 2. The first-order valence-electron chi connectivity index (χ1n) is 11.7. The van der Waals surface area contributed by atoms with Crippen molar-refractivity contribution in [2.24, 2.45) is 0 Å². The number of hydrogen-bond acceptors (Lipinski definition) is 4. The van der Waals surface area contributed by atoms with Crippen LogP contribution in [0, 0.1) is 12.7 Å². The van der Waals surface area contributed by atoms with Crippen LogP contribution in [0.1, 0.15) is 35.7 Å². The Kier molecular flexibility index (Phi) is 6.36. The molecule has 0 unspecified atom stereocenters. The Morgan fingerprint density at radius 1 is 1.19 bits per heavy atom. The number of nitrogens with zero attached hydrogens (tertiary/aromatic N) is 3. The van der Waals surface area contributed by atoms with E-state index in [1.165, 1.54) is 19.2 Å². The quantitative estimate of drug-likeness (QED) is 0.256. The SMILES string of the molecule is CCCCn1c(NC(=O)c2cc(OC)c3nc(-c4c(F)cccc4Cl)[nH]c3c2)nc2ccc(C)cc21. The lowest BCUT2D eigenvalue weighted by Gasteiger charge is -2.10. The maximum atomic E-state index is 14.5. The molecule has 7 nitrogen and oxygen atoms in total. The van der Waals surface area contributed by atoms with E-state index >= 15 is 0 Å². The predicted molar refractivity (Wildman–Crippen MR) is 140 cm³/mol. The second-order valence-electron chi connectivity index (χ2n) is 8.64. The van der Waals surface area contributed by atoms with Crippen molar-refractivity contribution in [3.63, 3.8) is 0 Å². The topological polar surface area (TPSA) is 84.8 Å². The van der Waals surface area contributed by atoms with Crippen LogP contribution in [0.2, 0.25) is 5.02 Å². The molecule has 2 heterocycles. The summed E-state index contributed by atoms with van der Waals surface area (Å²) in [7, 11) is 1.49. The third-order valence-corrected chi connectivity index (χ3v) is 6.41. The average molecular weight is 506 g/mol. The van der Waals surface area contributed by atoms with E-state index in [-0.39, 0.29) is 22.3 Å². The molecule has 3 aromatic carbocycles. The Morgan fingerprint density at radius 3 is 2.78 bits per heavy atom. The summed E-state index contributed by atoms with van der Waals surface area (Å²) in [6, 6.07) is 13.7. The van der Waals surface area contributed by atoms with E-state index in [4.69, 9.17) is 16.3 Å². The number of amides is 1. The fourth-order valence-corrected chi connectivity index (χ4v) is 4.51. The molecular formula is C27H25ClFN5O2. The number of carbonyl (C=O) groups is 1. The maximum absolute atomic E-state index is 14.5. The smallest absolute Gasteiger partial charge is 0.258 e. The molecule has 36 heavy (non-hydrogen) atoms. The highest BCUT2D eigenvalue weighted by molar-refractivity contribution is 6.33. The van der Waals surface area contributed by atoms with E-state index in [9.17, 15) is 9.18 Å². The molecule has 0 radical (unpaired) electrons. The van der Waals surface area contributed by atoms with E-state index in [2.05, 4.69) is 33.3 Å². The highest BCUT2D eigenvalue weighted by Gasteiger charge is 2.20. The molecule has 0 saturated heterocycles. The zero-order valence-corrected chi connectivity index (χ0v) is 20.9. The first-order valence-corrected chi connectivity index (χ1v) is 12.1. The third-order valence-electron chi connectivity index (χ3n) is 6.10. The van der Waals surface area contributed by atoms with Crippen LogP contribution in [-0.4, -0.2) is 32.5 Å². The van der Waals surface area contributed by atoms with Crippen molar-refractivity contribution in [1.82, 2.24) is 19.5 Å². The molecule has 0 spiro atoms. The number of nitrogens with one attached hydrogen (secondary N) is 2. The van der Waals surface area contributed by atoms with Crippen LogP contribution in [0.5, 0.6) is 5.75 Å². The molecule has 0 bridgehead atoms. The van der Waals surface area contributed by atoms with E-state index in [1.54, 1.807) is 18.2 Å². The van der Waals surface area contributed by atoms with Crippen LogP contribution in [0.25, 0.3) is 33.5 Å². The molecule has 2 aromatic heterocycles. The number of benzene rings is 3. The first-order chi connectivity index (χ1) is 17.4. The van der Waals surface area contributed by atoms with Crippen LogP contribution >= 0.6 is 11.6 Å². The minimum Gasteiger partial charge on any atom is -0.494 e. The van der Waals surface area contributed by atoms with Crippen molar-refractivity contribution >= 4 is 45.5 Å². The second-order valence-corrected chi connectivity index (χ2v) is 9.05. The molecule has 1 amide bonds. The number of aromatic amines is 1. The van der Waals surface area contributed by atoms with Gasteiger partial charge in [0.1, 0.15) is 22.9 Å². The van der Waals surface area contributed by atoms with Gasteiger partial charge in [0.15, 0.2) is 0 Å². The fraction of sp³-hybridized carbons (Fsp3) is 0.222. The maximum Gasteiger partial charge on any atom is 0.258 e. The predicted octanol–water partition coefficient (Wildman–Crippen LogP) is 6.74. The summed E-state index contributed by atoms with van der Waals surface area (Å²) in [5.74, 6) is 0.264. The summed E-state index contributed by atoms with van der Waals surface area (Å²) in [4.78, 5) is 25.6. The molecule has 2 N–H and O–H groups in total. The van der Waals surface area contributed by atoms with Gasteiger partial charge in [0.2, 0.25) is 5.95 Å². The standard InChI is InChI=1S/C27H25ClFN5O2/c1-4-5-11-34-21-12-15(2)9-10-19(21)31-27(34)33-26(35)16-13-20-24(22(14-16)36-3)32-25(30-20)23-17(28)7-6-8-18(23)29/h6-10,12-14H,4-5,11H2,1-3H3,(H,30,32)(H,31,33,35). The van der Waals surface area contributed by atoms with E-state index in [1.807, 2.05) is 23.6 Å². The zero-order valence-electron chi connectivity index (χ0n) is 20.2. The Hall–Kier alpha value is -3.91. The van der Waals surface area contributed by atoms with Gasteiger partial charge < -0.3 is 14.3 Å². The van der Waals surface area contributed by atoms with Crippen molar-refractivity contribution in [1.29, 1.82) is 0 Å². The molecule has 0 aliphatic heterocycles. The van der Waals surface area contributed by atoms with Crippen LogP contribution in [-0.2, 0) is 6.54 Å². The second kappa shape index (κ2) is 9.62. The number of anilines is 1. The Morgan fingerprint density at radius 2 is 2.03 bits per heavy atom. The monoisotopic (exact) mass is 505 g/mol. The molecule has 0 aliphatic carbocycles. The number of methoxy groups -OCH3 is 1. The number of rotatable bonds is 7. The van der Waals surface area contributed by atoms with E-state index < -0.39 is 5.82 Å². The molecule has 184 valence electrons. The number of H-pyrrole nitrogens is 1. The third kappa shape index (κ3) is 4.28. The van der Waals surface area contributed by atoms with Crippen molar-refractivity contribution < 1.29 is 13.9 Å². The van der Waals surface area contributed by atoms with Crippen LogP contribution in [0.3, 0.4) is 0 Å². The minimum atomic E-state index is -0.500. The largest absolute Gasteiger partial charge is 0.494 e. The minimum absolute atomic E-state index is 0.156. The summed E-state index contributed by atoms with van der Waals surface area (Å²) in [5.41, 5.74) is 4.41. The van der Waals surface area contributed by atoms with Crippen LogP contribution < -0.4 is 10.1 Å². The highest BCUT2D eigenvalue weighted by atomic mass is 35.5. The molecular weight excluding hydrogens is 481 g/mol. The van der Waals surface area contributed by atoms with Gasteiger partial charge in [0.05, 0.1) is 34.2 Å². The van der Waals surface area contributed by atoms with Crippen molar-refractivity contribution in [2.75, 3.05) is 12.4 Å². The molecule has 0 fully saturated rings. The van der Waals surface area contributed by atoms with Gasteiger partial charge in [-0.15, -0.1) is 0 Å².